The molecule has 0 aromatic carbocycles. The molecule has 3 N–H and O–H groups in total. The van der Waals surface area contributed by atoms with Crippen LogP contribution in [0, 0.1) is 0 Å². The minimum absolute atomic E-state index is 0.255. The summed E-state index contributed by atoms with van der Waals surface area (Å²) in [6.45, 7) is 1.84. The lowest BCUT2D eigenvalue weighted by molar-refractivity contribution is -0.117. The Morgan fingerprint density at radius 3 is 3.17 bits per heavy atom. The first kappa shape index (κ1) is 8.73. The first-order chi connectivity index (χ1) is 5.74. The van der Waals surface area contributed by atoms with Crippen LogP contribution in [0.1, 0.15) is 13.3 Å². The van der Waals surface area contributed by atoms with Crippen molar-refractivity contribution in [2.45, 2.75) is 19.4 Å². The van der Waals surface area contributed by atoms with Gasteiger partial charge in [-0.3, -0.25) is 10.1 Å². The Balaban J connectivity index is 2.47. The average molecular weight is 169 g/mol. The Morgan fingerprint density at radius 1 is 1.92 bits per heavy atom. The SMILES string of the molecule is CCC(N)C(=O)Nc1cnco1. The van der Waals surface area contributed by atoms with Crippen LogP contribution in [0.15, 0.2) is 17.0 Å². The molecule has 0 radical (unpaired) electrons. The van der Waals surface area contributed by atoms with Gasteiger partial charge in [0.05, 0.1) is 12.2 Å². The fourth-order valence-electron chi connectivity index (χ4n) is 0.677. The third-order valence-electron chi connectivity index (χ3n) is 1.46. The zero-order valence-electron chi connectivity index (χ0n) is 6.78. The lowest BCUT2D eigenvalue weighted by Crippen LogP contribution is -2.34. The summed E-state index contributed by atoms with van der Waals surface area (Å²) in [6, 6.07) is -0.491. The molecule has 0 saturated carbocycles. The van der Waals surface area contributed by atoms with E-state index >= 15 is 0 Å². The van der Waals surface area contributed by atoms with Gasteiger partial charge in [0.25, 0.3) is 0 Å². The summed E-state index contributed by atoms with van der Waals surface area (Å²) in [5.41, 5.74) is 5.46. The number of carbonyl (C=O) groups is 1. The van der Waals surface area contributed by atoms with Crippen molar-refractivity contribution < 1.29 is 9.21 Å². The molecule has 1 rings (SSSR count). The fraction of sp³-hybridized carbons (Fsp3) is 0.429. The molecule has 1 heterocycles. The molecule has 0 aliphatic heterocycles. The molecule has 0 aliphatic rings. The predicted molar refractivity (Wildman–Crippen MR) is 43.4 cm³/mol. The Hall–Kier alpha value is -1.36. The monoisotopic (exact) mass is 169 g/mol. The van der Waals surface area contributed by atoms with E-state index < -0.39 is 6.04 Å². The first-order valence-electron chi connectivity index (χ1n) is 3.69. The number of amides is 1. The van der Waals surface area contributed by atoms with E-state index in [1.165, 1.54) is 12.6 Å². The van der Waals surface area contributed by atoms with Crippen molar-refractivity contribution in [3.8, 4) is 0 Å². The van der Waals surface area contributed by atoms with Crippen molar-refractivity contribution >= 4 is 11.8 Å². The second-order valence-corrected chi connectivity index (χ2v) is 2.37. The van der Waals surface area contributed by atoms with Crippen LogP contribution in [0.4, 0.5) is 5.88 Å². The summed E-state index contributed by atoms with van der Waals surface area (Å²) in [4.78, 5) is 14.8. The van der Waals surface area contributed by atoms with Gasteiger partial charge in [-0.2, -0.15) is 0 Å². The number of carbonyl (C=O) groups excluding carboxylic acids is 1. The van der Waals surface area contributed by atoms with Gasteiger partial charge in [0.1, 0.15) is 0 Å². The van der Waals surface area contributed by atoms with E-state index in [-0.39, 0.29) is 5.91 Å². The molecule has 5 heteroatoms. The molecule has 0 spiro atoms. The minimum Gasteiger partial charge on any atom is -0.428 e. The normalized spacial score (nSPS) is 12.5. The molecule has 0 fully saturated rings. The zero-order valence-corrected chi connectivity index (χ0v) is 6.78. The van der Waals surface area contributed by atoms with E-state index in [1.807, 2.05) is 6.92 Å². The number of hydrogen-bond acceptors (Lipinski definition) is 4. The highest BCUT2D eigenvalue weighted by Gasteiger charge is 2.11. The summed E-state index contributed by atoms with van der Waals surface area (Å²) in [7, 11) is 0. The summed E-state index contributed by atoms with van der Waals surface area (Å²) in [6.07, 6.45) is 3.26. The number of anilines is 1. The maximum Gasteiger partial charge on any atom is 0.243 e. The number of aromatic nitrogens is 1. The highest BCUT2D eigenvalue weighted by Crippen LogP contribution is 2.04. The van der Waals surface area contributed by atoms with E-state index in [0.717, 1.165) is 0 Å². The average Bonchev–Trinajstić information content (AvgIpc) is 2.55. The number of hydrogen-bond donors (Lipinski definition) is 2. The van der Waals surface area contributed by atoms with Crippen LogP contribution in [0.3, 0.4) is 0 Å². The summed E-state index contributed by atoms with van der Waals surface area (Å²) >= 11 is 0. The smallest absolute Gasteiger partial charge is 0.243 e. The maximum absolute atomic E-state index is 11.1. The van der Waals surface area contributed by atoms with Crippen molar-refractivity contribution in [2.24, 2.45) is 5.73 Å². The molecule has 0 saturated heterocycles. The van der Waals surface area contributed by atoms with Gasteiger partial charge in [-0.05, 0) is 6.42 Å². The Bertz CT molecular complexity index is 245. The van der Waals surface area contributed by atoms with Crippen LogP contribution in [0.25, 0.3) is 0 Å². The minimum atomic E-state index is -0.491. The molecule has 0 bridgehead atoms. The molecule has 66 valence electrons. The molecule has 1 atom stereocenters. The molecule has 1 amide bonds. The van der Waals surface area contributed by atoms with Crippen LogP contribution >= 0.6 is 0 Å². The lowest BCUT2D eigenvalue weighted by atomic mass is 10.2. The molecule has 0 aliphatic carbocycles. The number of nitrogens with zero attached hydrogens (tertiary/aromatic N) is 1. The molecule has 5 nitrogen and oxygen atoms in total. The maximum atomic E-state index is 11.1. The van der Waals surface area contributed by atoms with Gasteiger partial charge < -0.3 is 10.2 Å². The van der Waals surface area contributed by atoms with Crippen LogP contribution in [-0.2, 0) is 4.79 Å². The Kier molecular flexibility index (Phi) is 2.82. The molecule has 12 heavy (non-hydrogen) atoms. The summed E-state index contributed by atoms with van der Waals surface area (Å²) in [5, 5.41) is 2.48. The summed E-state index contributed by atoms with van der Waals surface area (Å²) in [5.74, 6) is 0.0677. The van der Waals surface area contributed by atoms with Crippen molar-refractivity contribution in [1.82, 2.24) is 4.98 Å². The number of nitrogens with one attached hydrogen (secondary N) is 1. The highest BCUT2D eigenvalue weighted by atomic mass is 16.4. The van der Waals surface area contributed by atoms with Crippen molar-refractivity contribution in [1.29, 1.82) is 0 Å². The fourth-order valence-corrected chi connectivity index (χ4v) is 0.677. The van der Waals surface area contributed by atoms with Gasteiger partial charge in [0.15, 0.2) is 6.39 Å². The predicted octanol–water partition coefficient (Wildman–Crippen LogP) is 0.350. The Morgan fingerprint density at radius 2 is 2.67 bits per heavy atom. The van der Waals surface area contributed by atoms with E-state index in [0.29, 0.717) is 12.3 Å². The van der Waals surface area contributed by atoms with E-state index in [9.17, 15) is 4.79 Å². The highest BCUT2D eigenvalue weighted by molar-refractivity contribution is 5.93. The zero-order chi connectivity index (χ0) is 8.97. The van der Waals surface area contributed by atoms with Crippen LogP contribution in [0.5, 0.6) is 0 Å². The van der Waals surface area contributed by atoms with E-state index in [4.69, 9.17) is 10.2 Å². The first-order valence-corrected chi connectivity index (χ1v) is 3.69. The molecule has 1 aromatic heterocycles. The van der Waals surface area contributed by atoms with Gasteiger partial charge >= 0.3 is 0 Å². The number of oxazole rings is 1. The third kappa shape index (κ3) is 2.06. The van der Waals surface area contributed by atoms with Gasteiger partial charge in [0, 0.05) is 0 Å². The molecular weight excluding hydrogens is 158 g/mol. The number of nitrogens with two attached hydrogens (primary N) is 1. The van der Waals surface area contributed by atoms with Gasteiger partial charge in [-0.1, -0.05) is 6.92 Å². The topological polar surface area (TPSA) is 81.2 Å². The van der Waals surface area contributed by atoms with Crippen LogP contribution in [0.2, 0.25) is 0 Å². The quantitative estimate of drug-likeness (QED) is 0.684. The van der Waals surface area contributed by atoms with Crippen LogP contribution < -0.4 is 11.1 Å². The second-order valence-electron chi connectivity index (χ2n) is 2.37. The second kappa shape index (κ2) is 3.87. The van der Waals surface area contributed by atoms with Gasteiger partial charge in [-0.25, -0.2) is 4.98 Å². The lowest BCUT2D eigenvalue weighted by Gasteiger charge is -2.06. The Labute approximate surface area is 70.0 Å². The summed E-state index contributed by atoms with van der Waals surface area (Å²) < 4.78 is 4.80. The largest absolute Gasteiger partial charge is 0.428 e. The van der Waals surface area contributed by atoms with E-state index in [2.05, 4.69) is 10.3 Å². The van der Waals surface area contributed by atoms with Crippen molar-refractivity contribution in [3.05, 3.63) is 12.6 Å². The van der Waals surface area contributed by atoms with Crippen LogP contribution in [-0.4, -0.2) is 16.9 Å². The third-order valence-corrected chi connectivity index (χ3v) is 1.46. The number of rotatable bonds is 3. The van der Waals surface area contributed by atoms with E-state index in [1.54, 1.807) is 0 Å². The molecule has 1 unspecified atom stereocenters. The van der Waals surface area contributed by atoms with Gasteiger partial charge in [-0.15, -0.1) is 0 Å². The van der Waals surface area contributed by atoms with Crippen molar-refractivity contribution in [2.75, 3.05) is 5.32 Å². The van der Waals surface area contributed by atoms with Gasteiger partial charge in [0.2, 0.25) is 11.8 Å². The van der Waals surface area contributed by atoms with Crippen molar-refractivity contribution in [3.63, 3.8) is 0 Å². The molecule has 1 aromatic rings. The standard InChI is InChI=1S/C7H11N3O2/c1-2-5(8)7(11)10-6-3-9-4-12-6/h3-5H,2,8H2,1H3,(H,10,11). The molecular formula is C7H11N3O2.